The number of aliphatic hydroxyl groups is 7. The van der Waals surface area contributed by atoms with Gasteiger partial charge in [-0.2, -0.15) is 0 Å². The molecule has 58 heavy (non-hydrogen) atoms. The highest BCUT2D eigenvalue weighted by atomic mass is 32.2. The van der Waals surface area contributed by atoms with E-state index in [-0.39, 0.29) is 17.4 Å². The summed E-state index contributed by atoms with van der Waals surface area (Å²) in [7, 11) is 0. The SMILES string of the molecule is O=C(O)C1O[C@@H](O[C@@H](CS[C@H]2C(=O)N(c3ccccc3)[C@@H]2c2ccc(-c3ccc(C4O[C@H](CO)[C@@H](O)[C@H](O)[C@H]4O)cc3)cc2O)c2ccc(F)cc2)C(O)[C@@H](O)[C@@H]1O. The van der Waals surface area contributed by atoms with E-state index in [4.69, 9.17) is 14.2 Å². The lowest BCUT2D eigenvalue weighted by molar-refractivity contribution is -0.303. The van der Waals surface area contributed by atoms with Crippen LogP contribution in [0.1, 0.15) is 34.9 Å². The number of aliphatic hydroxyl groups excluding tert-OH is 7. The van der Waals surface area contributed by atoms with Crippen LogP contribution in [0.5, 0.6) is 5.75 Å². The van der Waals surface area contributed by atoms with Gasteiger partial charge in [0.05, 0.1) is 18.8 Å². The van der Waals surface area contributed by atoms with Crippen LogP contribution in [0.3, 0.4) is 0 Å². The van der Waals surface area contributed by atoms with E-state index in [1.165, 1.54) is 30.3 Å². The number of phenols is 1. The van der Waals surface area contributed by atoms with Crippen molar-refractivity contribution in [1.82, 2.24) is 0 Å². The first kappa shape index (κ1) is 41.7. The zero-order valence-electron chi connectivity index (χ0n) is 30.5. The standard InChI is InChI=1S/C41H42FNO14S/c42-23-13-10-20(11-14-23)28(56-41-35(51)32(48)34(50)37(57-41)40(53)54)18-58-38-29(43(39(38)52)24-4-2-1-3-5-24)25-15-12-22(16-26(25)45)19-6-8-21(9-7-19)36-33(49)31(47)30(46)27(17-44)55-36/h1-16,27-38,41,44-51H,17-18H2,(H,53,54)/t27-,28+,29-,30-,31+,32+,33-,34+,35?,36?,37?,38-,41-/m1/s1. The monoisotopic (exact) mass is 823 g/mol. The number of hydrogen-bond donors (Lipinski definition) is 9. The molecule has 3 unspecified atom stereocenters. The Balaban J connectivity index is 1.14. The van der Waals surface area contributed by atoms with E-state index in [2.05, 4.69) is 0 Å². The Morgan fingerprint density at radius 1 is 0.793 bits per heavy atom. The van der Waals surface area contributed by atoms with Gasteiger partial charge in [-0.15, -0.1) is 11.8 Å². The Morgan fingerprint density at radius 3 is 2.09 bits per heavy atom. The molecule has 0 radical (unpaired) electrons. The molecule has 4 aromatic rings. The molecular weight excluding hydrogens is 782 g/mol. The summed E-state index contributed by atoms with van der Waals surface area (Å²) >= 11 is 1.14. The quantitative estimate of drug-likeness (QED) is 0.0921. The fourth-order valence-electron chi connectivity index (χ4n) is 7.43. The molecule has 4 aromatic carbocycles. The third kappa shape index (κ3) is 8.08. The summed E-state index contributed by atoms with van der Waals surface area (Å²) in [5.41, 5.74) is 3.11. The Labute approximate surface area is 335 Å². The molecule has 3 aliphatic heterocycles. The zero-order valence-corrected chi connectivity index (χ0v) is 31.3. The number of amides is 1. The largest absolute Gasteiger partial charge is 0.508 e. The first-order valence-electron chi connectivity index (χ1n) is 18.4. The van der Waals surface area contributed by atoms with E-state index in [0.717, 1.165) is 11.8 Å². The molecule has 3 aliphatic rings. The maximum Gasteiger partial charge on any atom is 0.335 e. The van der Waals surface area contributed by atoms with Gasteiger partial charge in [0.2, 0.25) is 5.91 Å². The predicted octanol–water partition coefficient (Wildman–Crippen LogP) is 1.55. The molecule has 0 bridgehead atoms. The van der Waals surface area contributed by atoms with Gasteiger partial charge in [0, 0.05) is 17.0 Å². The van der Waals surface area contributed by atoms with E-state index >= 15 is 0 Å². The minimum Gasteiger partial charge on any atom is -0.508 e. The number of carboxylic acid groups (broad SMARTS) is 1. The van der Waals surface area contributed by atoms with E-state index in [1.54, 1.807) is 71.6 Å². The average molecular weight is 824 g/mol. The number of halogens is 1. The third-order valence-corrected chi connectivity index (χ3v) is 12.0. The number of anilines is 1. The highest BCUT2D eigenvalue weighted by molar-refractivity contribution is 8.00. The number of thioether (sulfide) groups is 1. The first-order valence-corrected chi connectivity index (χ1v) is 19.4. The predicted molar refractivity (Wildman–Crippen MR) is 204 cm³/mol. The summed E-state index contributed by atoms with van der Waals surface area (Å²) in [5, 5.41) is 92.0. The van der Waals surface area contributed by atoms with Gasteiger partial charge < -0.3 is 65.1 Å². The Bertz CT molecular complexity index is 2060. The number of para-hydroxylation sites is 1. The van der Waals surface area contributed by atoms with Crippen LogP contribution in [0.4, 0.5) is 10.1 Å². The number of carbonyl (C=O) groups is 2. The van der Waals surface area contributed by atoms with E-state index < -0.39 is 97.0 Å². The van der Waals surface area contributed by atoms with Gasteiger partial charge in [0.15, 0.2) is 12.4 Å². The fraction of sp³-hybridized carbons (Fsp3) is 0.366. The molecule has 13 atom stereocenters. The van der Waals surface area contributed by atoms with Gasteiger partial charge in [0.25, 0.3) is 0 Å². The van der Waals surface area contributed by atoms with Crippen LogP contribution < -0.4 is 4.90 Å². The second-order valence-corrected chi connectivity index (χ2v) is 15.5. The topological polar surface area (TPSA) is 247 Å². The normalized spacial score (nSPS) is 31.7. The maximum atomic E-state index is 14.0. The average Bonchev–Trinajstić information content (AvgIpc) is 3.22. The molecule has 15 nitrogen and oxygen atoms in total. The molecule has 0 aromatic heterocycles. The number of rotatable bonds is 12. The third-order valence-electron chi connectivity index (χ3n) is 10.7. The van der Waals surface area contributed by atoms with E-state index in [1.807, 2.05) is 0 Å². The van der Waals surface area contributed by atoms with Crippen molar-refractivity contribution in [2.24, 2.45) is 0 Å². The number of carbonyl (C=O) groups excluding carboxylic acids is 1. The van der Waals surface area contributed by atoms with Crippen LogP contribution in [0.15, 0.2) is 97.1 Å². The number of β-lactam (4-membered cyclic amide) rings is 1. The van der Waals surface area contributed by atoms with Gasteiger partial charge in [-0.25, -0.2) is 9.18 Å². The summed E-state index contributed by atoms with van der Waals surface area (Å²) in [4.78, 5) is 27.2. The number of carboxylic acids is 1. The van der Waals surface area contributed by atoms with Crippen molar-refractivity contribution in [3.63, 3.8) is 0 Å². The van der Waals surface area contributed by atoms with Crippen LogP contribution in [-0.4, -0.2) is 131 Å². The number of benzene rings is 4. The smallest absolute Gasteiger partial charge is 0.335 e. The highest BCUT2D eigenvalue weighted by Gasteiger charge is 2.52. The van der Waals surface area contributed by atoms with Crippen molar-refractivity contribution >= 4 is 29.3 Å². The molecule has 3 saturated heterocycles. The molecule has 0 saturated carbocycles. The number of phenolic OH excluding ortho intramolecular Hbond substituents is 1. The van der Waals surface area contributed by atoms with Crippen molar-refractivity contribution in [3.05, 3.63) is 120 Å². The lowest BCUT2D eigenvalue weighted by Gasteiger charge is -2.47. The number of ether oxygens (including phenoxy) is 3. The Kier molecular flexibility index (Phi) is 12.5. The summed E-state index contributed by atoms with van der Waals surface area (Å²) < 4.78 is 31.0. The molecule has 7 rings (SSSR count). The van der Waals surface area contributed by atoms with Crippen molar-refractivity contribution in [2.45, 2.75) is 78.6 Å². The van der Waals surface area contributed by atoms with Gasteiger partial charge in [-0.05, 0) is 52.6 Å². The zero-order chi connectivity index (χ0) is 41.4. The molecular formula is C41H42FNO14S. The number of hydrogen-bond acceptors (Lipinski definition) is 14. The number of aromatic hydroxyl groups is 1. The second kappa shape index (κ2) is 17.4. The molecule has 3 fully saturated rings. The molecule has 1 amide bonds. The van der Waals surface area contributed by atoms with Crippen LogP contribution in [0.25, 0.3) is 11.1 Å². The Hall–Kier alpha value is -4.50. The van der Waals surface area contributed by atoms with Crippen LogP contribution in [0, 0.1) is 5.82 Å². The summed E-state index contributed by atoms with van der Waals surface area (Å²) in [6.45, 7) is -0.563. The summed E-state index contributed by atoms with van der Waals surface area (Å²) in [5.74, 6) is -2.60. The van der Waals surface area contributed by atoms with Crippen molar-refractivity contribution in [2.75, 3.05) is 17.3 Å². The first-order chi connectivity index (χ1) is 27.8. The molecule has 9 N–H and O–H groups in total. The van der Waals surface area contributed by atoms with Crippen LogP contribution in [-0.2, 0) is 23.8 Å². The Morgan fingerprint density at radius 2 is 1.45 bits per heavy atom. The van der Waals surface area contributed by atoms with Gasteiger partial charge in [-0.3, -0.25) is 4.79 Å². The molecule has 0 spiro atoms. The lowest BCUT2D eigenvalue weighted by Crippen LogP contribution is -2.60. The lowest BCUT2D eigenvalue weighted by atomic mass is 9.89. The van der Waals surface area contributed by atoms with Crippen LogP contribution >= 0.6 is 11.8 Å². The van der Waals surface area contributed by atoms with Crippen LogP contribution in [0.2, 0.25) is 0 Å². The molecule has 3 heterocycles. The molecule has 17 heteroatoms. The fourth-order valence-corrected chi connectivity index (χ4v) is 8.79. The van der Waals surface area contributed by atoms with E-state index in [9.17, 15) is 59.9 Å². The summed E-state index contributed by atoms with van der Waals surface area (Å²) in [6, 6.07) is 25.0. The second-order valence-electron chi connectivity index (χ2n) is 14.3. The number of nitrogens with zero attached hydrogens (tertiary/aromatic N) is 1. The van der Waals surface area contributed by atoms with Gasteiger partial charge in [-0.1, -0.05) is 66.7 Å². The van der Waals surface area contributed by atoms with Crippen molar-refractivity contribution in [3.8, 4) is 16.9 Å². The molecule has 0 aliphatic carbocycles. The highest BCUT2D eigenvalue weighted by Crippen LogP contribution is 2.49. The minimum absolute atomic E-state index is 0.0240. The van der Waals surface area contributed by atoms with Crippen molar-refractivity contribution in [1.29, 1.82) is 0 Å². The minimum atomic E-state index is -1.95. The molecule has 308 valence electrons. The summed E-state index contributed by atoms with van der Waals surface area (Å²) in [6.07, 6.45) is -17.0. The maximum absolute atomic E-state index is 14.0. The number of aliphatic carboxylic acids is 1. The van der Waals surface area contributed by atoms with Gasteiger partial charge in [0.1, 0.15) is 65.6 Å². The van der Waals surface area contributed by atoms with Gasteiger partial charge >= 0.3 is 5.97 Å². The van der Waals surface area contributed by atoms with E-state index in [0.29, 0.717) is 33.5 Å². The van der Waals surface area contributed by atoms with Crippen molar-refractivity contribution < 1.29 is 74.1 Å².